The van der Waals surface area contributed by atoms with Crippen molar-refractivity contribution in [3.63, 3.8) is 0 Å². The standard InChI is InChI=1S/C14H11F9N4/c15-12(16,17)5-27(6-13(18,19)20)7-1-2-10-8(3-7)9(14(21,22)23)4-11(25-10)26-24/h1-4H,5-6,24H2,(H,25,26). The quantitative estimate of drug-likeness (QED) is 0.447. The van der Waals surface area contributed by atoms with Gasteiger partial charge in [-0.15, -0.1) is 0 Å². The SMILES string of the molecule is NNc1cc(C(F)(F)F)c2cc(N(CC(F)(F)F)CC(F)(F)F)ccc2n1. The van der Waals surface area contributed by atoms with Crippen molar-refractivity contribution in [3.8, 4) is 0 Å². The van der Waals surface area contributed by atoms with Gasteiger partial charge < -0.3 is 10.3 Å². The normalized spacial score (nSPS) is 13.1. The summed E-state index contributed by atoms with van der Waals surface area (Å²) in [6.07, 6.45) is -14.9. The zero-order valence-corrected chi connectivity index (χ0v) is 13.1. The number of fused-ring (bicyclic) bond motifs is 1. The van der Waals surface area contributed by atoms with Gasteiger partial charge in [0, 0.05) is 11.1 Å². The van der Waals surface area contributed by atoms with Gasteiger partial charge in [-0.1, -0.05) is 0 Å². The predicted molar refractivity (Wildman–Crippen MR) is 78.9 cm³/mol. The summed E-state index contributed by atoms with van der Waals surface area (Å²) >= 11 is 0. The molecule has 2 rings (SSSR count). The highest BCUT2D eigenvalue weighted by Crippen LogP contribution is 2.38. The number of pyridine rings is 1. The number of hydrogen-bond donors (Lipinski definition) is 2. The minimum atomic E-state index is -5.00. The van der Waals surface area contributed by atoms with Crippen LogP contribution in [0.25, 0.3) is 10.9 Å². The lowest BCUT2D eigenvalue weighted by Gasteiger charge is -2.27. The lowest BCUT2D eigenvalue weighted by atomic mass is 10.1. The number of rotatable bonds is 4. The van der Waals surface area contributed by atoms with E-state index in [1.165, 1.54) is 0 Å². The van der Waals surface area contributed by atoms with E-state index in [1.54, 1.807) is 0 Å². The number of halogens is 9. The monoisotopic (exact) mass is 406 g/mol. The minimum absolute atomic E-state index is 0.102. The van der Waals surface area contributed by atoms with Gasteiger partial charge in [0.25, 0.3) is 0 Å². The zero-order chi connectivity index (χ0) is 20.6. The number of nitrogens with two attached hydrogens (primary N) is 1. The van der Waals surface area contributed by atoms with Crippen LogP contribution in [0.5, 0.6) is 0 Å². The molecular weight excluding hydrogens is 395 g/mol. The van der Waals surface area contributed by atoms with Gasteiger partial charge in [0.05, 0.1) is 11.1 Å². The molecule has 0 aliphatic rings. The maximum absolute atomic E-state index is 13.2. The van der Waals surface area contributed by atoms with Crippen LogP contribution >= 0.6 is 0 Å². The Hall–Kier alpha value is -2.44. The van der Waals surface area contributed by atoms with Crippen LogP contribution in [-0.2, 0) is 6.18 Å². The van der Waals surface area contributed by atoms with Crippen molar-refractivity contribution in [2.75, 3.05) is 23.4 Å². The van der Waals surface area contributed by atoms with E-state index in [4.69, 9.17) is 5.84 Å². The first kappa shape index (κ1) is 20.9. The maximum Gasteiger partial charge on any atom is 0.417 e. The van der Waals surface area contributed by atoms with Gasteiger partial charge in [-0.3, -0.25) is 0 Å². The van der Waals surface area contributed by atoms with Crippen LogP contribution in [0, 0.1) is 0 Å². The van der Waals surface area contributed by atoms with Crippen LogP contribution in [0.15, 0.2) is 24.3 Å². The Kier molecular flexibility index (Phi) is 5.37. The Morgan fingerprint density at radius 1 is 0.889 bits per heavy atom. The third kappa shape index (κ3) is 5.52. The van der Waals surface area contributed by atoms with E-state index < -0.39 is 48.3 Å². The van der Waals surface area contributed by atoms with Gasteiger partial charge in [0.1, 0.15) is 18.9 Å². The molecule has 150 valence electrons. The average molecular weight is 406 g/mol. The summed E-state index contributed by atoms with van der Waals surface area (Å²) in [5, 5.41) is -0.659. The van der Waals surface area contributed by atoms with Crippen molar-refractivity contribution in [1.82, 2.24) is 4.98 Å². The average Bonchev–Trinajstić information content (AvgIpc) is 2.49. The number of hydrogen-bond acceptors (Lipinski definition) is 4. The first-order valence-electron chi connectivity index (χ1n) is 7.07. The maximum atomic E-state index is 13.2. The first-order chi connectivity index (χ1) is 12.2. The second kappa shape index (κ2) is 6.94. The van der Waals surface area contributed by atoms with E-state index in [9.17, 15) is 39.5 Å². The van der Waals surface area contributed by atoms with Gasteiger partial charge in [-0.05, 0) is 24.3 Å². The summed E-state index contributed by atoms with van der Waals surface area (Å²) in [5.41, 5.74) is -0.380. The molecule has 0 aliphatic heterocycles. The van der Waals surface area contributed by atoms with E-state index in [0.717, 1.165) is 12.1 Å². The van der Waals surface area contributed by atoms with Crippen molar-refractivity contribution in [3.05, 3.63) is 29.8 Å². The lowest BCUT2D eigenvalue weighted by molar-refractivity contribution is -0.138. The Bertz CT molecular complexity index is 795. The Labute approximate surface area is 145 Å². The fourth-order valence-electron chi connectivity index (χ4n) is 2.39. The lowest BCUT2D eigenvalue weighted by Crippen LogP contribution is -2.40. The number of alkyl halides is 9. The summed E-state index contributed by atoms with van der Waals surface area (Å²) in [5.74, 6) is 4.66. The van der Waals surface area contributed by atoms with Gasteiger partial charge in [0.15, 0.2) is 0 Å². The summed E-state index contributed by atoms with van der Waals surface area (Å²) in [6.45, 7) is -3.98. The Morgan fingerprint density at radius 3 is 1.89 bits per heavy atom. The van der Waals surface area contributed by atoms with Crippen molar-refractivity contribution in [2.24, 2.45) is 5.84 Å². The molecule has 13 heteroatoms. The molecule has 1 aromatic heterocycles. The van der Waals surface area contributed by atoms with Crippen molar-refractivity contribution in [2.45, 2.75) is 18.5 Å². The molecule has 0 aliphatic carbocycles. The topological polar surface area (TPSA) is 54.2 Å². The highest BCUT2D eigenvalue weighted by atomic mass is 19.4. The smallest absolute Gasteiger partial charge is 0.353 e. The van der Waals surface area contributed by atoms with Gasteiger partial charge >= 0.3 is 18.5 Å². The van der Waals surface area contributed by atoms with Crippen molar-refractivity contribution >= 4 is 22.4 Å². The van der Waals surface area contributed by atoms with E-state index in [-0.39, 0.29) is 16.2 Å². The molecule has 0 amide bonds. The Morgan fingerprint density at radius 2 is 1.44 bits per heavy atom. The predicted octanol–water partition coefficient (Wildman–Crippen LogP) is 4.47. The number of nitrogens with zero attached hydrogens (tertiary/aromatic N) is 2. The second-order valence-electron chi connectivity index (χ2n) is 5.49. The van der Waals surface area contributed by atoms with Crippen LogP contribution in [0.2, 0.25) is 0 Å². The fourth-order valence-corrected chi connectivity index (χ4v) is 2.39. The van der Waals surface area contributed by atoms with Gasteiger partial charge in [0.2, 0.25) is 0 Å². The van der Waals surface area contributed by atoms with E-state index in [2.05, 4.69) is 4.98 Å². The van der Waals surface area contributed by atoms with E-state index in [0.29, 0.717) is 12.1 Å². The number of hydrazine groups is 1. The third-order valence-corrected chi connectivity index (χ3v) is 3.35. The molecule has 0 unspecified atom stereocenters. The zero-order valence-electron chi connectivity index (χ0n) is 13.1. The third-order valence-electron chi connectivity index (χ3n) is 3.35. The number of aromatic nitrogens is 1. The minimum Gasteiger partial charge on any atom is -0.353 e. The molecule has 3 N–H and O–H groups in total. The molecule has 1 aromatic carbocycles. The van der Waals surface area contributed by atoms with Crippen LogP contribution in [0.3, 0.4) is 0 Å². The summed E-state index contributed by atoms with van der Waals surface area (Å²) in [6, 6.07) is 2.81. The van der Waals surface area contributed by atoms with Crippen molar-refractivity contribution in [1.29, 1.82) is 0 Å². The molecular formula is C14H11F9N4. The highest BCUT2D eigenvalue weighted by Gasteiger charge is 2.38. The molecule has 0 fully saturated rings. The molecule has 0 atom stereocenters. The number of benzene rings is 1. The molecule has 0 saturated heterocycles. The van der Waals surface area contributed by atoms with Gasteiger partial charge in [-0.25, -0.2) is 10.8 Å². The molecule has 27 heavy (non-hydrogen) atoms. The molecule has 4 nitrogen and oxygen atoms in total. The Balaban J connectivity index is 2.63. The molecule has 0 spiro atoms. The van der Waals surface area contributed by atoms with Crippen molar-refractivity contribution < 1.29 is 39.5 Å². The molecule has 2 aromatic rings. The number of anilines is 2. The molecule has 0 saturated carbocycles. The molecule has 1 heterocycles. The first-order valence-corrected chi connectivity index (χ1v) is 7.07. The van der Waals surface area contributed by atoms with Crippen LogP contribution in [0.1, 0.15) is 5.56 Å². The van der Waals surface area contributed by atoms with E-state index >= 15 is 0 Å². The number of nitrogens with one attached hydrogen (secondary N) is 1. The molecule has 0 bridgehead atoms. The summed E-state index contributed by atoms with van der Waals surface area (Å²) in [7, 11) is 0. The highest BCUT2D eigenvalue weighted by molar-refractivity contribution is 5.87. The second-order valence-corrected chi connectivity index (χ2v) is 5.49. The largest absolute Gasteiger partial charge is 0.417 e. The van der Waals surface area contributed by atoms with Crippen LogP contribution in [0.4, 0.5) is 51.0 Å². The summed E-state index contributed by atoms with van der Waals surface area (Å²) in [4.78, 5) is 3.62. The van der Waals surface area contributed by atoms with E-state index in [1.807, 2.05) is 5.43 Å². The summed E-state index contributed by atoms with van der Waals surface area (Å²) < 4.78 is 115. The van der Waals surface area contributed by atoms with Gasteiger partial charge in [-0.2, -0.15) is 39.5 Å². The van der Waals surface area contributed by atoms with Crippen LogP contribution < -0.4 is 16.2 Å². The molecule has 0 radical (unpaired) electrons. The van der Waals surface area contributed by atoms with Crippen LogP contribution in [-0.4, -0.2) is 30.4 Å². The fraction of sp³-hybridized carbons (Fsp3) is 0.357. The number of nitrogen functional groups attached to an aromatic ring is 1.